The lowest BCUT2D eigenvalue weighted by Crippen LogP contribution is -2.31. The summed E-state index contributed by atoms with van der Waals surface area (Å²) < 4.78 is 17.8. The Morgan fingerprint density at radius 2 is 2.00 bits per heavy atom. The highest BCUT2D eigenvalue weighted by molar-refractivity contribution is 7.85. The van der Waals surface area contributed by atoms with Gasteiger partial charge in [0, 0.05) is 11.3 Å². The Labute approximate surface area is 119 Å². The average molecular weight is 283 g/mol. The van der Waals surface area contributed by atoms with Gasteiger partial charge in [-0.25, -0.2) is 0 Å². The quantitative estimate of drug-likeness (QED) is 0.797. The van der Waals surface area contributed by atoms with Crippen molar-refractivity contribution in [1.29, 1.82) is 0 Å². The van der Waals surface area contributed by atoms with Gasteiger partial charge in [-0.3, -0.25) is 4.21 Å². The first-order chi connectivity index (χ1) is 9.10. The summed E-state index contributed by atoms with van der Waals surface area (Å²) in [5, 5.41) is 3.54. The monoisotopic (exact) mass is 283 g/mol. The molecule has 1 N–H and O–H groups in total. The maximum atomic E-state index is 12.5. The first-order valence-electron chi connectivity index (χ1n) is 6.87. The smallest absolute Gasteiger partial charge is 0.134 e. The number of rotatable bonds is 8. The van der Waals surface area contributed by atoms with Crippen LogP contribution in [0.25, 0.3) is 0 Å². The summed E-state index contributed by atoms with van der Waals surface area (Å²) in [7, 11) is 0.586. The van der Waals surface area contributed by atoms with E-state index < -0.39 is 10.8 Å². The Balaban J connectivity index is 2.66. The van der Waals surface area contributed by atoms with Crippen LogP contribution in [-0.2, 0) is 10.8 Å². The third kappa shape index (κ3) is 4.96. The van der Waals surface area contributed by atoms with E-state index in [1.165, 1.54) is 0 Å². The number of ether oxygens (including phenoxy) is 1. The Hall–Kier alpha value is -0.870. The van der Waals surface area contributed by atoms with Crippen LogP contribution in [0.1, 0.15) is 33.6 Å². The summed E-state index contributed by atoms with van der Waals surface area (Å²) in [5.74, 6) is 0.710. The zero-order valence-electron chi connectivity index (χ0n) is 12.3. The van der Waals surface area contributed by atoms with Crippen molar-refractivity contribution in [3.05, 3.63) is 24.3 Å². The van der Waals surface area contributed by atoms with Gasteiger partial charge in [0.05, 0.1) is 22.8 Å². The molecule has 1 aromatic rings. The van der Waals surface area contributed by atoms with Crippen molar-refractivity contribution >= 4 is 10.8 Å². The van der Waals surface area contributed by atoms with Crippen molar-refractivity contribution in [2.75, 3.05) is 13.7 Å². The molecule has 0 radical (unpaired) electrons. The van der Waals surface area contributed by atoms with Gasteiger partial charge in [0.15, 0.2) is 0 Å². The molecule has 19 heavy (non-hydrogen) atoms. The molecule has 108 valence electrons. The van der Waals surface area contributed by atoms with Crippen LogP contribution in [0.4, 0.5) is 0 Å². The van der Waals surface area contributed by atoms with Crippen molar-refractivity contribution in [3.63, 3.8) is 0 Å². The molecule has 0 saturated heterocycles. The summed E-state index contributed by atoms with van der Waals surface area (Å²) in [4.78, 5) is 0.792. The SMILES string of the molecule is CCCNC(C)CC(C)S(=O)c1ccccc1OC. The molecular formula is C15H25NO2S. The molecule has 1 aromatic carbocycles. The van der Waals surface area contributed by atoms with Crippen LogP contribution in [0.3, 0.4) is 0 Å². The fourth-order valence-corrected chi connectivity index (χ4v) is 3.52. The minimum absolute atomic E-state index is 0.107. The molecule has 0 aliphatic rings. The lowest BCUT2D eigenvalue weighted by atomic mass is 10.2. The lowest BCUT2D eigenvalue weighted by molar-refractivity contribution is 0.403. The molecule has 0 fully saturated rings. The van der Waals surface area contributed by atoms with Gasteiger partial charge in [-0.1, -0.05) is 26.0 Å². The molecule has 4 heteroatoms. The second-order valence-corrected chi connectivity index (χ2v) is 6.69. The van der Waals surface area contributed by atoms with Crippen LogP contribution >= 0.6 is 0 Å². The largest absolute Gasteiger partial charge is 0.495 e. The highest BCUT2D eigenvalue weighted by Crippen LogP contribution is 2.24. The van der Waals surface area contributed by atoms with E-state index in [1.807, 2.05) is 31.2 Å². The molecule has 0 aliphatic heterocycles. The molecule has 0 aliphatic carbocycles. The van der Waals surface area contributed by atoms with Gasteiger partial charge in [-0.05, 0) is 38.4 Å². The molecule has 3 unspecified atom stereocenters. The predicted octanol–water partition coefficient (Wildman–Crippen LogP) is 2.97. The predicted molar refractivity (Wildman–Crippen MR) is 81.2 cm³/mol. The first-order valence-corrected chi connectivity index (χ1v) is 8.08. The van der Waals surface area contributed by atoms with Crippen LogP contribution in [0.2, 0.25) is 0 Å². The van der Waals surface area contributed by atoms with Crippen LogP contribution in [0.5, 0.6) is 5.75 Å². The minimum atomic E-state index is -1.03. The molecule has 0 spiro atoms. The third-order valence-electron chi connectivity index (χ3n) is 3.08. The fraction of sp³-hybridized carbons (Fsp3) is 0.600. The van der Waals surface area contributed by atoms with E-state index in [0.29, 0.717) is 11.8 Å². The van der Waals surface area contributed by atoms with Crippen molar-refractivity contribution < 1.29 is 8.95 Å². The van der Waals surface area contributed by atoms with E-state index in [-0.39, 0.29) is 5.25 Å². The lowest BCUT2D eigenvalue weighted by Gasteiger charge is -2.19. The van der Waals surface area contributed by atoms with Crippen LogP contribution in [0.15, 0.2) is 29.2 Å². The molecular weight excluding hydrogens is 258 g/mol. The zero-order valence-corrected chi connectivity index (χ0v) is 13.1. The second-order valence-electron chi connectivity index (χ2n) is 4.85. The Morgan fingerprint density at radius 3 is 2.63 bits per heavy atom. The number of hydrogen-bond acceptors (Lipinski definition) is 3. The highest BCUT2D eigenvalue weighted by Gasteiger charge is 2.19. The molecule has 0 bridgehead atoms. The number of para-hydroxylation sites is 1. The molecule has 3 atom stereocenters. The van der Waals surface area contributed by atoms with Gasteiger partial charge in [0.2, 0.25) is 0 Å². The molecule has 0 aromatic heterocycles. The minimum Gasteiger partial charge on any atom is -0.495 e. The zero-order chi connectivity index (χ0) is 14.3. The average Bonchev–Trinajstić information content (AvgIpc) is 2.44. The molecule has 1 rings (SSSR count). The number of benzene rings is 1. The van der Waals surface area contributed by atoms with Crippen molar-refractivity contribution in [1.82, 2.24) is 5.32 Å². The maximum absolute atomic E-state index is 12.5. The molecule has 0 amide bonds. The summed E-state index contributed by atoms with van der Waals surface area (Å²) in [5.41, 5.74) is 0. The summed E-state index contributed by atoms with van der Waals surface area (Å²) in [6.07, 6.45) is 2.01. The van der Waals surface area contributed by atoms with Gasteiger partial charge in [0.1, 0.15) is 5.75 Å². The topological polar surface area (TPSA) is 38.3 Å². The maximum Gasteiger partial charge on any atom is 0.134 e. The van der Waals surface area contributed by atoms with Crippen LogP contribution in [0, 0.1) is 0 Å². The summed E-state index contributed by atoms with van der Waals surface area (Å²) in [6, 6.07) is 7.93. The van der Waals surface area contributed by atoms with E-state index in [4.69, 9.17) is 4.74 Å². The third-order valence-corrected chi connectivity index (χ3v) is 4.77. The van der Waals surface area contributed by atoms with Crippen molar-refractivity contribution in [2.24, 2.45) is 0 Å². The second kappa shape index (κ2) is 8.33. The number of hydrogen-bond donors (Lipinski definition) is 1. The van der Waals surface area contributed by atoms with Crippen molar-refractivity contribution in [2.45, 2.75) is 49.8 Å². The molecule has 3 nitrogen and oxygen atoms in total. The van der Waals surface area contributed by atoms with E-state index in [1.54, 1.807) is 7.11 Å². The van der Waals surface area contributed by atoms with E-state index in [2.05, 4.69) is 19.2 Å². The van der Waals surface area contributed by atoms with Gasteiger partial charge < -0.3 is 10.1 Å². The standard InChI is InChI=1S/C15H25NO2S/c1-5-10-16-12(2)11-13(3)19(17)15-9-7-6-8-14(15)18-4/h6-9,12-13,16H,5,10-11H2,1-4H3. The van der Waals surface area contributed by atoms with Crippen LogP contribution in [-0.4, -0.2) is 29.2 Å². The van der Waals surface area contributed by atoms with Crippen LogP contribution < -0.4 is 10.1 Å². The molecule has 0 heterocycles. The van der Waals surface area contributed by atoms with E-state index in [0.717, 1.165) is 24.3 Å². The number of nitrogens with one attached hydrogen (secondary N) is 1. The summed E-state index contributed by atoms with van der Waals surface area (Å²) >= 11 is 0. The van der Waals surface area contributed by atoms with E-state index >= 15 is 0 Å². The van der Waals surface area contributed by atoms with E-state index in [9.17, 15) is 4.21 Å². The normalized spacial score (nSPS) is 15.8. The number of methoxy groups -OCH3 is 1. The Bertz CT molecular complexity index is 409. The first kappa shape index (κ1) is 16.2. The molecule has 0 saturated carbocycles. The summed E-state index contributed by atoms with van der Waals surface area (Å²) in [6.45, 7) is 7.34. The Kier molecular flexibility index (Phi) is 7.10. The van der Waals surface area contributed by atoms with Gasteiger partial charge in [0.25, 0.3) is 0 Å². The fourth-order valence-electron chi connectivity index (χ4n) is 2.06. The highest BCUT2D eigenvalue weighted by atomic mass is 32.2. The van der Waals surface area contributed by atoms with Gasteiger partial charge in [-0.2, -0.15) is 0 Å². The van der Waals surface area contributed by atoms with Gasteiger partial charge >= 0.3 is 0 Å². The van der Waals surface area contributed by atoms with Gasteiger partial charge in [-0.15, -0.1) is 0 Å². The Morgan fingerprint density at radius 1 is 1.32 bits per heavy atom. The van der Waals surface area contributed by atoms with Crippen molar-refractivity contribution in [3.8, 4) is 5.75 Å².